The van der Waals surface area contributed by atoms with E-state index in [0.29, 0.717) is 37.1 Å². The number of rotatable bonds is 5. The Labute approximate surface area is 289 Å². The van der Waals surface area contributed by atoms with E-state index in [4.69, 9.17) is 0 Å². The van der Waals surface area contributed by atoms with Crippen molar-refractivity contribution in [1.29, 1.82) is 0 Å². The van der Waals surface area contributed by atoms with Crippen LogP contribution in [0.15, 0.2) is 52.5 Å². The van der Waals surface area contributed by atoms with E-state index >= 15 is 0 Å². The van der Waals surface area contributed by atoms with E-state index in [9.17, 15) is 19.2 Å². The predicted octanol–water partition coefficient (Wildman–Crippen LogP) is 8.01. The molecule has 0 saturated heterocycles. The number of ketones is 2. The van der Waals surface area contributed by atoms with Crippen LogP contribution in [0.5, 0.6) is 0 Å². The van der Waals surface area contributed by atoms with Gasteiger partial charge in [-0.3, -0.25) is 19.2 Å². The lowest BCUT2D eigenvalue weighted by molar-refractivity contribution is -0.182. The van der Waals surface area contributed by atoms with Crippen LogP contribution in [-0.4, -0.2) is 36.5 Å². The van der Waals surface area contributed by atoms with Gasteiger partial charge in [-0.2, -0.15) is 0 Å². The molecule has 2 N–H and O–H groups in total. The second kappa shape index (κ2) is 11.2. The van der Waals surface area contributed by atoms with E-state index in [-0.39, 0.29) is 62.8 Å². The highest BCUT2D eigenvalue weighted by Crippen LogP contribution is 2.75. The molecule has 4 fully saturated rings. The highest BCUT2D eigenvalue weighted by atomic mass is 79.9. The minimum atomic E-state index is -0.561. The van der Waals surface area contributed by atoms with Crippen molar-refractivity contribution in [3.8, 4) is 0 Å². The number of carbonyl (C=O) groups is 4. The first-order chi connectivity index (χ1) is 21.8. The molecule has 0 heterocycles. The van der Waals surface area contributed by atoms with E-state index in [1.54, 1.807) is 12.1 Å². The molecule has 2 amide bonds. The zero-order valence-electron chi connectivity index (χ0n) is 29.4. The van der Waals surface area contributed by atoms with Crippen LogP contribution in [0.4, 0.5) is 0 Å². The Morgan fingerprint density at radius 2 is 1.53 bits per heavy atom. The van der Waals surface area contributed by atoms with Gasteiger partial charge in [-0.15, -0.1) is 0 Å². The molecule has 0 spiro atoms. The van der Waals surface area contributed by atoms with Gasteiger partial charge in [0.25, 0.3) is 5.91 Å². The number of carbonyl (C=O) groups excluding carboxylic acids is 4. The molecule has 6 nitrogen and oxygen atoms in total. The molecule has 47 heavy (non-hydrogen) atoms. The van der Waals surface area contributed by atoms with Gasteiger partial charge >= 0.3 is 0 Å². The van der Waals surface area contributed by atoms with Crippen molar-refractivity contribution in [2.24, 2.45) is 50.2 Å². The minimum Gasteiger partial charge on any atom is -0.354 e. The van der Waals surface area contributed by atoms with Gasteiger partial charge in [0.1, 0.15) is 0 Å². The van der Waals surface area contributed by atoms with E-state index in [2.05, 4.69) is 81.6 Å². The van der Waals surface area contributed by atoms with Crippen molar-refractivity contribution in [2.45, 2.75) is 99.8 Å². The maximum atomic E-state index is 14.6. The summed E-state index contributed by atoms with van der Waals surface area (Å²) in [6.45, 7) is 20.6. The summed E-state index contributed by atoms with van der Waals surface area (Å²) in [6.07, 6.45) is 9.06. The summed E-state index contributed by atoms with van der Waals surface area (Å²) in [6, 6.07) is 7.20. The van der Waals surface area contributed by atoms with Gasteiger partial charge in [-0.25, -0.2) is 0 Å². The van der Waals surface area contributed by atoms with Gasteiger partial charge < -0.3 is 10.6 Å². The zero-order chi connectivity index (χ0) is 34.4. The number of nitrogens with one attached hydrogen (secondary N) is 2. The lowest BCUT2D eigenvalue weighted by atomic mass is 9.33. The number of fused-ring (bicyclic) bond motifs is 7. The fraction of sp³-hybridized carbons (Fsp3) is 0.650. The second-order valence-corrected chi connectivity index (χ2v) is 18.5. The number of benzene rings is 1. The van der Waals surface area contributed by atoms with Gasteiger partial charge in [0.05, 0.1) is 0 Å². The van der Waals surface area contributed by atoms with E-state index < -0.39 is 10.8 Å². The summed E-state index contributed by atoms with van der Waals surface area (Å²) in [5.74, 6) is 0.364. The molecule has 254 valence electrons. The summed E-state index contributed by atoms with van der Waals surface area (Å²) in [5, 5.41) is 6.04. The van der Waals surface area contributed by atoms with Crippen LogP contribution in [0.25, 0.3) is 0 Å². The number of halogens is 1. The first kappa shape index (κ1) is 34.3. The molecule has 0 bridgehead atoms. The topological polar surface area (TPSA) is 92.3 Å². The molecule has 0 radical (unpaired) electrons. The molecule has 0 aliphatic heterocycles. The molecular formula is C40H53BrN2O4. The highest BCUT2D eigenvalue weighted by Gasteiger charge is 2.70. The number of hydrogen-bond acceptors (Lipinski definition) is 4. The normalized spacial score (nSPS) is 40.6. The lowest BCUT2D eigenvalue weighted by Gasteiger charge is -2.70. The summed E-state index contributed by atoms with van der Waals surface area (Å²) in [4.78, 5) is 54.3. The fourth-order valence-corrected chi connectivity index (χ4v) is 11.9. The molecular weight excluding hydrogens is 652 g/mol. The predicted molar refractivity (Wildman–Crippen MR) is 188 cm³/mol. The minimum absolute atomic E-state index is 0.0252. The van der Waals surface area contributed by atoms with Crippen LogP contribution in [0.3, 0.4) is 0 Å². The van der Waals surface area contributed by atoms with Crippen molar-refractivity contribution >= 4 is 39.3 Å². The average molecular weight is 706 g/mol. The van der Waals surface area contributed by atoms with E-state index in [0.717, 1.165) is 43.0 Å². The van der Waals surface area contributed by atoms with Crippen LogP contribution >= 0.6 is 15.9 Å². The largest absolute Gasteiger partial charge is 0.354 e. The molecule has 5 aliphatic carbocycles. The maximum absolute atomic E-state index is 14.6. The Morgan fingerprint density at radius 3 is 2.21 bits per heavy atom. The Kier molecular flexibility index (Phi) is 8.22. The van der Waals surface area contributed by atoms with Gasteiger partial charge in [0.15, 0.2) is 11.6 Å². The standard InChI is InChI=1S/C40H53BrN2O4/c1-24-22-38(6)30(35(2,3)32(24)45)13-14-40(8)31(38)29(44)21-27-28-23-37(5,16-15-36(28,4)17-18-39(27,40)7)34(47)43-20-19-42-33(46)25-9-11-26(41)12-10-25/h9-12,21,28,30-31H,1,13-20,22-23H2,2-8H3,(H,42,46)(H,43,47)/t28-,30-,31+,36+,37-,38-,39+,40+/m0/s1. The molecule has 0 aromatic heterocycles. The SMILES string of the molecule is C=C1C[C@]2(C)[C@H]3C(=O)C=C4[C@@H]5C[C@@](C)(C(=O)NCCNC(=O)c6ccc(Br)cc6)CC[C@]5(C)CC[C@@]4(C)[C@]3(C)CC[C@H]2C(C)(C)C1=O. The quantitative estimate of drug-likeness (QED) is 0.240. The van der Waals surface area contributed by atoms with Crippen molar-refractivity contribution in [3.05, 3.63) is 58.1 Å². The monoisotopic (exact) mass is 704 g/mol. The lowest BCUT2D eigenvalue weighted by Crippen LogP contribution is -2.66. The van der Waals surface area contributed by atoms with Crippen LogP contribution in [0.2, 0.25) is 0 Å². The summed E-state index contributed by atoms with van der Waals surface area (Å²) >= 11 is 3.39. The van der Waals surface area contributed by atoms with Crippen LogP contribution in [0, 0.1) is 50.2 Å². The van der Waals surface area contributed by atoms with Crippen molar-refractivity contribution < 1.29 is 19.2 Å². The third kappa shape index (κ3) is 5.06. The molecule has 7 heteroatoms. The Balaban J connectivity index is 1.23. The number of hydrogen-bond donors (Lipinski definition) is 2. The number of allylic oxidation sites excluding steroid dienone is 3. The van der Waals surface area contributed by atoms with Crippen LogP contribution in [0.1, 0.15) is 110 Å². The van der Waals surface area contributed by atoms with Gasteiger partial charge in [0.2, 0.25) is 5.91 Å². The summed E-state index contributed by atoms with van der Waals surface area (Å²) in [5.41, 5.74) is 0.754. The maximum Gasteiger partial charge on any atom is 0.251 e. The molecule has 5 aliphatic rings. The van der Waals surface area contributed by atoms with E-state index in [1.807, 2.05) is 18.2 Å². The Morgan fingerprint density at radius 1 is 0.894 bits per heavy atom. The average Bonchev–Trinajstić information content (AvgIpc) is 3.00. The number of amides is 2. The Bertz CT molecular complexity index is 1580. The first-order valence-corrected chi connectivity index (χ1v) is 18.4. The molecule has 4 saturated carbocycles. The smallest absolute Gasteiger partial charge is 0.251 e. The van der Waals surface area contributed by atoms with Crippen LogP contribution in [-0.2, 0) is 14.4 Å². The zero-order valence-corrected chi connectivity index (χ0v) is 31.0. The van der Waals surface area contributed by atoms with Gasteiger partial charge in [-0.05, 0) is 121 Å². The third-order valence-electron chi connectivity index (χ3n) is 14.6. The summed E-state index contributed by atoms with van der Waals surface area (Å²) < 4.78 is 0.914. The van der Waals surface area contributed by atoms with Gasteiger partial charge in [-0.1, -0.05) is 76.5 Å². The number of Topliss-reactive ketones (excluding diaryl/α,β-unsaturated/α-hetero) is 1. The first-order valence-electron chi connectivity index (χ1n) is 17.6. The molecule has 8 atom stereocenters. The third-order valence-corrected chi connectivity index (χ3v) is 15.1. The van der Waals surface area contributed by atoms with Gasteiger partial charge in [0, 0.05) is 39.9 Å². The summed E-state index contributed by atoms with van der Waals surface area (Å²) in [7, 11) is 0. The van der Waals surface area contributed by atoms with Crippen molar-refractivity contribution in [2.75, 3.05) is 13.1 Å². The molecule has 6 rings (SSSR count). The van der Waals surface area contributed by atoms with Crippen molar-refractivity contribution in [3.63, 3.8) is 0 Å². The molecule has 1 aromatic rings. The van der Waals surface area contributed by atoms with Crippen LogP contribution < -0.4 is 10.6 Å². The highest BCUT2D eigenvalue weighted by molar-refractivity contribution is 9.10. The molecule has 0 unspecified atom stereocenters. The fourth-order valence-electron chi connectivity index (χ4n) is 11.6. The van der Waals surface area contributed by atoms with Crippen molar-refractivity contribution in [1.82, 2.24) is 10.6 Å². The Hall–Kier alpha value is -2.54. The van der Waals surface area contributed by atoms with E-state index in [1.165, 1.54) is 5.57 Å². The molecule has 1 aromatic carbocycles. The second-order valence-electron chi connectivity index (χ2n) is 17.6.